The van der Waals surface area contributed by atoms with Crippen LogP contribution in [-0.2, 0) is 4.79 Å². The highest BCUT2D eigenvalue weighted by Gasteiger charge is 2.55. The summed E-state index contributed by atoms with van der Waals surface area (Å²) in [6, 6.07) is 0. The summed E-state index contributed by atoms with van der Waals surface area (Å²) in [4.78, 5) is 13.6. The molecule has 0 aliphatic carbocycles. The number of hydrogen-bond donors (Lipinski definition) is 1. The van der Waals surface area contributed by atoms with E-state index >= 15 is 0 Å². The number of thioether (sulfide) groups is 2. The van der Waals surface area contributed by atoms with Crippen molar-refractivity contribution in [1.29, 1.82) is 0 Å². The second-order valence-corrected chi connectivity index (χ2v) is 6.00. The Morgan fingerprint density at radius 3 is 2.87 bits per heavy atom. The van der Waals surface area contributed by atoms with Crippen molar-refractivity contribution in [1.82, 2.24) is 4.90 Å². The summed E-state index contributed by atoms with van der Waals surface area (Å²) in [6.45, 7) is 3.89. The maximum Gasteiger partial charge on any atom is 0.236 e. The quantitative estimate of drug-likeness (QED) is 0.770. The Morgan fingerprint density at radius 1 is 1.67 bits per heavy atom. The zero-order valence-electron chi connectivity index (χ0n) is 9.06. The number of rotatable bonds is 3. The predicted octanol–water partition coefficient (Wildman–Crippen LogP) is 1.84. The van der Waals surface area contributed by atoms with Crippen molar-refractivity contribution >= 4 is 29.4 Å². The molecule has 0 aromatic heterocycles. The molecule has 0 saturated carbocycles. The number of aliphatic hydroxyl groups is 1. The average molecular weight is 245 g/mol. The molecule has 0 spiro atoms. The van der Waals surface area contributed by atoms with Gasteiger partial charge in [0.05, 0.1) is 16.3 Å². The van der Waals surface area contributed by atoms with Gasteiger partial charge in [0.25, 0.3) is 0 Å². The Kier molecular flexibility index (Phi) is 3.05. The molecule has 1 saturated heterocycles. The molecule has 2 aliphatic heterocycles. The van der Waals surface area contributed by atoms with E-state index in [1.807, 2.05) is 25.0 Å². The summed E-state index contributed by atoms with van der Waals surface area (Å²) in [5.74, 6) is -0.108. The fourth-order valence-corrected chi connectivity index (χ4v) is 4.44. The van der Waals surface area contributed by atoms with E-state index < -0.39 is 6.10 Å². The molecular formula is C10H15NO2S2. The van der Waals surface area contributed by atoms with E-state index in [1.165, 1.54) is 4.24 Å². The first-order valence-corrected chi connectivity index (χ1v) is 7.15. The molecule has 1 fully saturated rings. The third kappa shape index (κ3) is 1.52. The molecule has 1 amide bonds. The first-order chi connectivity index (χ1) is 7.11. The van der Waals surface area contributed by atoms with Crippen LogP contribution in [0.5, 0.6) is 0 Å². The fourth-order valence-electron chi connectivity index (χ4n) is 2.07. The van der Waals surface area contributed by atoms with Gasteiger partial charge in [-0.3, -0.25) is 4.79 Å². The van der Waals surface area contributed by atoms with Gasteiger partial charge < -0.3 is 10.0 Å². The number of β-lactam (4-membered cyclic amide) rings is 1. The Balaban J connectivity index is 2.15. The van der Waals surface area contributed by atoms with Crippen LogP contribution in [-0.4, -0.2) is 33.6 Å². The number of nitrogens with zero attached hydrogens (tertiary/aromatic N) is 1. The molecule has 1 N–H and O–H groups in total. The minimum absolute atomic E-state index is 0.0865. The van der Waals surface area contributed by atoms with Gasteiger partial charge in [0, 0.05) is 5.70 Å². The molecule has 15 heavy (non-hydrogen) atoms. The molecule has 0 bridgehead atoms. The molecule has 5 heteroatoms. The zero-order valence-corrected chi connectivity index (χ0v) is 10.7. The molecule has 0 aromatic carbocycles. The largest absolute Gasteiger partial charge is 0.392 e. The lowest BCUT2D eigenvalue weighted by Crippen LogP contribution is -2.60. The van der Waals surface area contributed by atoms with Gasteiger partial charge in [-0.05, 0) is 19.6 Å². The number of hydrogen-bond acceptors (Lipinski definition) is 4. The van der Waals surface area contributed by atoms with Gasteiger partial charge in [0.1, 0.15) is 5.37 Å². The molecule has 0 unspecified atom stereocenters. The average Bonchev–Trinajstić information content (AvgIpc) is 2.50. The Labute approximate surface area is 98.3 Å². The number of fused-ring (bicyclic) bond motifs is 1. The van der Waals surface area contributed by atoms with E-state index in [1.54, 1.807) is 23.5 Å². The highest BCUT2D eigenvalue weighted by Crippen LogP contribution is 2.53. The summed E-state index contributed by atoms with van der Waals surface area (Å²) in [5.41, 5.74) is 1.06. The molecule has 0 radical (unpaired) electrons. The smallest absolute Gasteiger partial charge is 0.236 e. The minimum Gasteiger partial charge on any atom is -0.392 e. The summed E-state index contributed by atoms with van der Waals surface area (Å²) in [7, 11) is 0. The van der Waals surface area contributed by atoms with Gasteiger partial charge in [-0.1, -0.05) is 18.7 Å². The number of allylic oxidation sites excluding steroid dienone is 1. The van der Waals surface area contributed by atoms with Crippen LogP contribution >= 0.6 is 23.5 Å². The van der Waals surface area contributed by atoms with Crippen LogP contribution in [0.3, 0.4) is 0 Å². The van der Waals surface area contributed by atoms with Gasteiger partial charge >= 0.3 is 0 Å². The van der Waals surface area contributed by atoms with Crippen molar-refractivity contribution in [3.8, 4) is 0 Å². The number of carbonyl (C=O) groups excluding carboxylic acids is 1. The summed E-state index contributed by atoms with van der Waals surface area (Å²) in [6.07, 6.45) is 2.18. The Morgan fingerprint density at radius 2 is 2.33 bits per heavy atom. The third-order valence-corrected chi connectivity index (χ3v) is 5.70. The third-order valence-electron chi connectivity index (χ3n) is 2.99. The molecular weight excluding hydrogens is 230 g/mol. The highest BCUT2D eigenvalue weighted by atomic mass is 32.2. The van der Waals surface area contributed by atoms with E-state index in [0.29, 0.717) is 6.42 Å². The van der Waals surface area contributed by atoms with Gasteiger partial charge in [-0.25, -0.2) is 0 Å². The second-order valence-electron chi connectivity index (χ2n) is 3.80. The Bertz CT molecular complexity index is 329. The standard InChI is InChI=1S/C10H15NO2S2/c1-4-6(12)7-8(13)11-5(2)10(14-3)15-9(7)11/h6-7,9,12H,4H2,1-3H3/t6-,7+,9+/m0/s1. The SMILES string of the molecule is CC[C@H](O)[C@@H]1C(=O)N2C(C)=C(SC)S[C@H]12. The van der Waals surface area contributed by atoms with Crippen LogP contribution in [0.25, 0.3) is 0 Å². The molecule has 2 heterocycles. The van der Waals surface area contributed by atoms with Crippen LogP contribution in [0.2, 0.25) is 0 Å². The van der Waals surface area contributed by atoms with E-state index in [4.69, 9.17) is 0 Å². The van der Waals surface area contributed by atoms with Crippen molar-refractivity contribution in [3.05, 3.63) is 9.93 Å². The number of amides is 1. The molecule has 0 aromatic rings. The van der Waals surface area contributed by atoms with Gasteiger partial charge in [-0.2, -0.15) is 0 Å². The Hall–Kier alpha value is -0.130. The predicted molar refractivity (Wildman–Crippen MR) is 64.2 cm³/mol. The lowest BCUT2D eigenvalue weighted by Gasteiger charge is -2.44. The van der Waals surface area contributed by atoms with E-state index in [0.717, 1.165) is 5.70 Å². The summed E-state index contributed by atoms with van der Waals surface area (Å²) in [5, 5.41) is 9.90. The first kappa shape index (κ1) is 11.4. The van der Waals surface area contributed by atoms with Crippen LogP contribution in [0.1, 0.15) is 20.3 Å². The summed E-state index contributed by atoms with van der Waals surface area (Å²) < 4.78 is 1.21. The van der Waals surface area contributed by atoms with Crippen LogP contribution in [0.15, 0.2) is 9.93 Å². The molecule has 3 nitrogen and oxygen atoms in total. The number of carbonyl (C=O) groups is 1. The normalized spacial score (nSPS) is 31.7. The first-order valence-electron chi connectivity index (χ1n) is 5.04. The van der Waals surface area contributed by atoms with Crippen molar-refractivity contribution in [2.75, 3.05) is 6.26 Å². The van der Waals surface area contributed by atoms with Crippen molar-refractivity contribution in [3.63, 3.8) is 0 Å². The van der Waals surface area contributed by atoms with Crippen molar-refractivity contribution in [2.45, 2.75) is 31.7 Å². The van der Waals surface area contributed by atoms with E-state index in [9.17, 15) is 9.90 Å². The van der Waals surface area contributed by atoms with Crippen molar-refractivity contribution < 1.29 is 9.90 Å². The highest BCUT2D eigenvalue weighted by molar-refractivity contribution is 8.22. The molecule has 2 rings (SSSR count). The topological polar surface area (TPSA) is 40.5 Å². The minimum atomic E-state index is -0.486. The maximum absolute atomic E-state index is 11.8. The van der Waals surface area contributed by atoms with E-state index in [2.05, 4.69) is 0 Å². The molecule has 2 aliphatic rings. The monoisotopic (exact) mass is 245 g/mol. The summed E-state index contributed by atoms with van der Waals surface area (Å²) >= 11 is 3.39. The van der Waals surface area contributed by atoms with E-state index in [-0.39, 0.29) is 17.2 Å². The lowest BCUT2D eigenvalue weighted by molar-refractivity contribution is -0.153. The second kappa shape index (κ2) is 4.03. The maximum atomic E-state index is 11.8. The zero-order chi connectivity index (χ0) is 11.2. The fraction of sp³-hybridized carbons (Fsp3) is 0.700. The van der Waals surface area contributed by atoms with Crippen LogP contribution in [0.4, 0.5) is 0 Å². The van der Waals surface area contributed by atoms with Crippen LogP contribution in [0, 0.1) is 5.92 Å². The van der Waals surface area contributed by atoms with Gasteiger partial charge in [0.15, 0.2) is 0 Å². The van der Waals surface area contributed by atoms with Crippen LogP contribution < -0.4 is 0 Å². The molecule has 3 atom stereocenters. The van der Waals surface area contributed by atoms with Crippen molar-refractivity contribution in [2.24, 2.45) is 5.92 Å². The molecule has 84 valence electrons. The lowest BCUT2D eigenvalue weighted by atomic mass is 9.90. The van der Waals surface area contributed by atoms with Gasteiger partial charge in [0.2, 0.25) is 5.91 Å². The number of aliphatic hydroxyl groups excluding tert-OH is 1. The van der Waals surface area contributed by atoms with Gasteiger partial charge in [-0.15, -0.1) is 11.8 Å².